The molecule has 3 N–H and O–H groups in total. The summed E-state index contributed by atoms with van der Waals surface area (Å²) in [4.78, 5) is 15.5. The first-order valence-corrected chi connectivity index (χ1v) is 14.0. The molecule has 1 amide bonds. The number of alkyl halides is 2. The second kappa shape index (κ2) is 11.8. The van der Waals surface area contributed by atoms with Gasteiger partial charge in [0.15, 0.2) is 0 Å². The van der Waals surface area contributed by atoms with Crippen LogP contribution in [-0.2, 0) is 15.0 Å². The van der Waals surface area contributed by atoms with Crippen molar-refractivity contribution in [2.45, 2.75) is 38.0 Å². The molecule has 0 spiro atoms. The lowest BCUT2D eigenvalue weighted by molar-refractivity contribution is -0.117. The highest BCUT2D eigenvalue weighted by atomic mass is 35.5. The third-order valence-electron chi connectivity index (χ3n) is 6.17. The summed E-state index contributed by atoms with van der Waals surface area (Å²) >= 11 is 6.09. The molecule has 2 aliphatic heterocycles. The van der Waals surface area contributed by atoms with Gasteiger partial charge in [0.05, 0.1) is 12.3 Å². The van der Waals surface area contributed by atoms with Gasteiger partial charge in [0.1, 0.15) is 0 Å². The van der Waals surface area contributed by atoms with Gasteiger partial charge in [0.25, 0.3) is 11.9 Å². The molecule has 0 bridgehead atoms. The zero-order chi connectivity index (χ0) is 28.2. The predicted octanol–water partition coefficient (Wildman–Crippen LogP) is 3.32. The molecule has 208 valence electrons. The monoisotopic (exact) mass is 579 g/mol. The van der Waals surface area contributed by atoms with E-state index in [1.165, 1.54) is 11.9 Å². The lowest BCUT2D eigenvalue weighted by Gasteiger charge is -2.32. The standard InChI is InChI=1S/C25H28ClF2N7O3S/c1-17(36)30-23(29)31-24(33-39(37,38)34-14-5-13-25(27,28)16-34)35-15-12-21(18-6-3-2-4-7-18)22(32-35)19-8-10-20(26)11-9-19/h2-4,6-11,21H,5,12-16H2,1H3,(H3,29,30,31,33,36)/t21-/m0/s1. The Morgan fingerprint density at radius 1 is 1.15 bits per heavy atom. The number of benzene rings is 2. The Balaban J connectivity index is 1.80. The van der Waals surface area contributed by atoms with Gasteiger partial charge < -0.3 is 5.73 Å². The highest BCUT2D eigenvalue weighted by Gasteiger charge is 2.40. The molecule has 1 fully saturated rings. The highest BCUT2D eigenvalue weighted by molar-refractivity contribution is 7.87. The number of rotatable bonds is 4. The van der Waals surface area contributed by atoms with E-state index in [1.54, 1.807) is 24.3 Å². The van der Waals surface area contributed by atoms with Crippen LogP contribution in [0.3, 0.4) is 0 Å². The minimum absolute atomic E-state index is 0.0181. The number of piperidine rings is 1. The third kappa shape index (κ3) is 7.37. The van der Waals surface area contributed by atoms with E-state index in [2.05, 4.69) is 14.7 Å². The molecule has 1 saturated heterocycles. The van der Waals surface area contributed by atoms with E-state index < -0.39 is 46.9 Å². The average Bonchev–Trinajstić information content (AvgIpc) is 2.88. The van der Waals surface area contributed by atoms with Crippen LogP contribution in [0.15, 0.2) is 69.1 Å². The topological polar surface area (TPSA) is 133 Å². The van der Waals surface area contributed by atoms with Gasteiger partial charge in [-0.05, 0) is 36.1 Å². The number of hydrogen-bond acceptors (Lipinski definition) is 4. The number of nitrogens with one attached hydrogen (secondary N) is 1. The van der Waals surface area contributed by atoms with Gasteiger partial charge in [0, 0.05) is 37.4 Å². The molecule has 4 rings (SSSR count). The van der Waals surface area contributed by atoms with E-state index in [-0.39, 0.29) is 25.4 Å². The predicted molar refractivity (Wildman–Crippen MR) is 146 cm³/mol. The lowest BCUT2D eigenvalue weighted by Crippen LogP contribution is -2.46. The first kappa shape index (κ1) is 28.6. The first-order valence-electron chi connectivity index (χ1n) is 12.2. The fraction of sp³-hybridized carbons (Fsp3) is 0.360. The first-order chi connectivity index (χ1) is 18.4. The van der Waals surface area contributed by atoms with Crippen molar-refractivity contribution in [1.29, 1.82) is 0 Å². The Morgan fingerprint density at radius 2 is 1.85 bits per heavy atom. The number of aliphatic imine (C=N–C) groups is 1. The summed E-state index contributed by atoms with van der Waals surface area (Å²) in [6.07, 6.45) is 0.0581. The maximum Gasteiger partial charge on any atom is 0.325 e. The quantitative estimate of drug-likeness (QED) is 0.423. The summed E-state index contributed by atoms with van der Waals surface area (Å²) in [6.45, 7) is 0.271. The number of nitrogens with two attached hydrogens (primary N) is 1. The van der Waals surface area contributed by atoms with Gasteiger partial charge in [-0.3, -0.25) is 10.1 Å². The normalized spacial score (nSPS) is 20.9. The molecule has 0 radical (unpaired) electrons. The lowest BCUT2D eigenvalue weighted by atomic mass is 9.86. The minimum Gasteiger partial charge on any atom is -0.369 e. The van der Waals surface area contributed by atoms with Crippen LogP contribution < -0.4 is 11.1 Å². The molecular formula is C25H28ClF2N7O3S. The maximum atomic E-state index is 14.0. The minimum atomic E-state index is -4.59. The van der Waals surface area contributed by atoms with E-state index in [0.717, 1.165) is 11.1 Å². The van der Waals surface area contributed by atoms with Crippen LogP contribution in [-0.4, -0.2) is 66.8 Å². The van der Waals surface area contributed by atoms with Gasteiger partial charge >= 0.3 is 10.2 Å². The van der Waals surface area contributed by atoms with Crippen LogP contribution in [0.25, 0.3) is 0 Å². The summed E-state index contributed by atoms with van der Waals surface area (Å²) in [5, 5.41) is 8.74. The van der Waals surface area contributed by atoms with E-state index in [4.69, 9.17) is 22.4 Å². The molecule has 1 atom stereocenters. The van der Waals surface area contributed by atoms with Crippen LogP contribution in [0.5, 0.6) is 0 Å². The smallest absolute Gasteiger partial charge is 0.325 e. The van der Waals surface area contributed by atoms with E-state index >= 15 is 0 Å². The summed E-state index contributed by atoms with van der Waals surface area (Å²) in [5.41, 5.74) is 8.14. The summed E-state index contributed by atoms with van der Waals surface area (Å²) in [5.74, 6) is -4.75. The molecule has 0 unspecified atom stereocenters. The maximum absolute atomic E-state index is 14.0. The van der Waals surface area contributed by atoms with Crippen molar-refractivity contribution in [2.75, 3.05) is 19.6 Å². The number of halogens is 3. The Kier molecular flexibility index (Phi) is 8.62. The summed E-state index contributed by atoms with van der Waals surface area (Å²) in [7, 11) is -4.59. The number of nitrogens with zero attached hydrogens (tertiary/aromatic N) is 5. The van der Waals surface area contributed by atoms with Crippen molar-refractivity contribution in [3.63, 3.8) is 0 Å². The van der Waals surface area contributed by atoms with Crippen molar-refractivity contribution in [1.82, 2.24) is 14.6 Å². The fourth-order valence-electron chi connectivity index (χ4n) is 4.40. The van der Waals surface area contributed by atoms with Crippen molar-refractivity contribution < 1.29 is 22.0 Å². The third-order valence-corrected chi connectivity index (χ3v) is 7.78. The second-order valence-corrected chi connectivity index (χ2v) is 11.2. The van der Waals surface area contributed by atoms with Crippen LogP contribution in [0, 0.1) is 0 Å². The number of amides is 1. The van der Waals surface area contributed by atoms with Crippen LogP contribution in [0.1, 0.15) is 43.2 Å². The Bertz CT molecular complexity index is 1400. The molecular weight excluding hydrogens is 552 g/mol. The zero-order valence-electron chi connectivity index (χ0n) is 21.1. The number of guanidine groups is 2. The van der Waals surface area contributed by atoms with Crippen molar-refractivity contribution in [3.05, 3.63) is 70.7 Å². The molecule has 0 saturated carbocycles. The number of carbonyl (C=O) groups is 1. The van der Waals surface area contributed by atoms with Crippen LogP contribution in [0.4, 0.5) is 8.78 Å². The average molecular weight is 580 g/mol. The Labute approximate surface area is 230 Å². The molecule has 39 heavy (non-hydrogen) atoms. The largest absolute Gasteiger partial charge is 0.369 e. The van der Waals surface area contributed by atoms with Crippen molar-refractivity contribution >= 4 is 45.3 Å². The van der Waals surface area contributed by atoms with Gasteiger partial charge in [-0.25, -0.2) is 13.8 Å². The van der Waals surface area contributed by atoms with E-state index in [1.807, 2.05) is 30.3 Å². The second-order valence-electron chi connectivity index (χ2n) is 9.21. The molecule has 10 nitrogen and oxygen atoms in total. The molecule has 14 heteroatoms. The number of hydrogen-bond donors (Lipinski definition) is 2. The highest BCUT2D eigenvalue weighted by Crippen LogP contribution is 2.31. The zero-order valence-corrected chi connectivity index (χ0v) is 22.7. The van der Waals surface area contributed by atoms with Crippen molar-refractivity contribution in [2.24, 2.45) is 20.2 Å². The van der Waals surface area contributed by atoms with Gasteiger partial charge in [-0.2, -0.15) is 22.8 Å². The van der Waals surface area contributed by atoms with Gasteiger partial charge in [0.2, 0.25) is 11.9 Å². The Hall–Kier alpha value is -3.42. The number of hydrazone groups is 1. The van der Waals surface area contributed by atoms with Gasteiger partial charge in [-0.15, -0.1) is 4.40 Å². The summed E-state index contributed by atoms with van der Waals surface area (Å²) < 4.78 is 58.6. The van der Waals surface area contributed by atoms with Crippen LogP contribution >= 0.6 is 11.6 Å². The van der Waals surface area contributed by atoms with Crippen molar-refractivity contribution in [3.8, 4) is 0 Å². The Morgan fingerprint density at radius 3 is 2.49 bits per heavy atom. The van der Waals surface area contributed by atoms with Crippen LogP contribution in [0.2, 0.25) is 5.02 Å². The molecule has 2 aliphatic rings. The number of carbonyl (C=O) groups excluding carboxylic acids is 1. The van der Waals surface area contributed by atoms with Gasteiger partial charge in [-0.1, -0.05) is 54.1 Å². The molecule has 2 aromatic rings. The molecule has 2 aromatic carbocycles. The SMILES string of the molecule is CC(=O)N/C(N)=N/C(=N/S(=O)(=O)N1CCCC(F)(F)C1)N1CC[C@@H](c2ccccc2)C(c2ccc(Cl)cc2)=N1. The van der Waals surface area contributed by atoms with E-state index in [9.17, 15) is 22.0 Å². The molecule has 0 aromatic heterocycles. The van der Waals surface area contributed by atoms with E-state index in [0.29, 0.717) is 21.5 Å². The molecule has 0 aliphatic carbocycles. The fourth-order valence-corrected chi connectivity index (χ4v) is 5.70. The molecule has 2 heterocycles. The summed E-state index contributed by atoms with van der Waals surface area (Å²) in [6, 6.07) is 16.7.